The van der Waals surface area contributed by atoms with Crippen LogP contribution in [0.15, 0.2) is 11.6 Å². The number of rotatable bonds is 4. The fourth-order valence-corrected chi connectivity index (χ4v) is 1.71. The number of allylic oxidation sites excluding steroid dienone is 1. The summed E-state index contributed by atoms with van der Waals surface area (Å²) in [5, 5.41) is 9.79. The summed E-state index contributed by atoms with van der Waals surface area (Å²) in [6.07, 6.45) is 1.69. The van der Waals surface area contributed by atoms with Crippen molar-refractivity contribution >= 4 is 0 Å². The number of likely N-dealkylation sites (tertiary alicyclic amines) is 1. The van der Waals surface area contributed by atoms with Crippen molar-refractivity contribution in [2.24, 2.45) is 0 Å². The van der Waals surface area contributed by atoms with Crippen LogP contribution in [0.25, 0.3) is 0 Å². The van der Waals surface area contributed by atoms with E-state index in [4.69, 9.17) is 4.74 Å². The third-order valence-corrected chi connectivity index (χ3v) is 2.80. The average molecular weight is 213 g/mol. The van der Waals surface area contributed by atoms with Gasteiger partial charge in [-0.05, 0) is 27.7 Å². The normalized spacial score (nSPS) is 27.3. The first-order valence-corrected chi connectivity index (χ1v) is 5.67. The van der Waals surface area contributed by atoms with Gasteiger partial charge in [-0.2, -0.15) is 0 Å². The third-order valence-electron chi connectivity index (χ3n) is 2.80. The molecule has 0 spiro atoms. The van der Waals surface area contributed by atoms with Crippen LogP contribution >= 0.6 is 0 Å². The average Bonchev–Trinajstić information content (AvgIpc) is 2.47. The van der Waals surface area contributed by atoms with Gasteiger partial charge in [-0.25, -0.2) is 0 Å². The largest absolute Gasteiger partial charge is 0.389 e. The molecule has 1 aliphatic rings. The van der Waals surface area contributed by atoms with Crippen LogP contribution in [0.4, 0.5) is 0 Å². The third kappa shape index (κ3) is 3.93. The fraction of sp³-hybridized carbons (Fsp3) is 0.833. The summed E-state index contributed by atoms with van der Waals surface area (Å²) in [6, 6.07) is 0.483. The van der Waals surface area contributed by atoms with Crippen LogP contribution in [-0.4, -0.2) is 48.0 Å². The van der Waals surface area contributed by atoms with Gasteiger partial charge in [0.25, 0.3) is 0 Å². The Morgan fingerprint density at radius 3 is 2.60 bits per heavy atom. The minimum absolute atomic E-state index is 0.0250. The number of hydrogen-bond donors (Lipinski definition) is 1. The van der Waals surface area contributed by atoms with Gasteiger partial charge in [0.15, 0.2) is 0 Å². The molecule has 0 aromatic rings. The molecule has 3 heteroatoms. The highest BCUT2D eigenvalue weighted by atomic mass is 16.5. The highest BCUT2D eigenvalue weighted by molar-refractivity contribution is 4.94. The highest BCUT2D eigenvalue weighted by Gasteiger charge is 2.32. The SMILES string of the molecule is CC(C)=CCOC1CN(C(C)C)CC1O. The quantitative estimate of drug-likeness (QED) is 0.717. The Hall–Kier alpha value is -0.380. The molecular weight excluding hydrogens is 190 g/mol. The number of aliphatic hydroxyl groups is 1. The zero-order valence-corrected chi connectivity index (χ0v) is 10.2. The van der Waals surface area contributed by atoms with Gasteiger partial charge < -0.3 is 9.84 Å². The molecule has 0 radical (unpaired) electrons. The van der Waals surface area contributed by atoms with Crippen LogP contribution in [0.5, 0.6) is 0 Å². The van der Waals surface area contributed by atoms with Crippen LogP contribution in [-0.2, 0) is 4.74 Å². The van der Waals surface area contributed by atoms with Crippen molar-refractivity contribution in [2.45, 2.75) is 45.9 Å². The van der Waals surface area contributed by atoms with Gasteiger partial charge in [0.2, 0.25) is 0 Å². The standard InChI is InChI=1S/C12H23NO2/c1-9(2)5-6-15-12-8-13(10(3)4)7-11(12)14/h5,10-12,14H,6-8H2,1-4H3. The number of aliphatic hydroxyl groups excluding tert-OH is 1. The maximum absolute atomic E-state index is 9.79. The molecule has 1 aliphatic heterocycles. The summed E-state index contributed by atoms with van der Waals surface area (Å²) in [5.41, 5.74) is 1.25. The molecule has 0 saturated carbocycles. The van der Waals surface area contributed by atoms with Crippen LogP contribution in [0.3, 0.4) is 0 Å². The molecule has 88 valence electrons. The van der Waals surface area contributed by atoms with E-state index < -0.39 is 0 Å². The fourth-order valence-electron chi connectivity index (χ4n) is 1.71. The Labute approximate surface area is 92.7 Å². The van der Waals surface area contributed by atoms with Crippen molar-refractivity contribution in [1.82, 2.24) is 4.90 Å². The molecule has 2 unspecified atom stereocenters. The van der Waals surface area contributed by atoms with Gasteiger partial charge in [0.1, 0.15) is 0 Å². The summed E-state index contributed by atoms with van der Waals surface area (Å²) in [4.78, 5) is 2.25. The molecule has 3 nitrogen and oxygen atoms in total. The molecule has 1 heterocycles. The second-order valence-corrected chi connectivity index (χ2v) is 4.77. The van der Waals surface area contributed by atoms with Crippen LogP contribution in [0.1, 0.15) is 27.7 Å². The Morgan fingerprint density at radius 1 is 1.47 bits per heavy atom. The molecule has 0 amide bonds. The van der Waals surface area contributed by atoms with Gasteiger partial charge >= 0.3 is 0 Å². The molecule has 0 bridgehead atoms. The molecule has 1 fully saturated rings. The van der Waals surface area contributed by atoms with Crippen LogP contribution < -0.4 is 0 Å². The predicted octanol–water partition coefficient (Wildman–Crippen LogP) is 1.42. The molecule has 0 aromatic heterocycles. The summed E-state index contributed by atoms with van der Waals surface area (Å²) >= 11 is 0. The number of hydrogen-bond acceptors (Lipinski definition) is 3. The molecule has 0 aromatic carbocycles. The molecule has 1 saturated heterocycles. The van der Waals surface area contributed by atoms with E-state index in [1.54, 1.807) is 0 Å². The summed E-state index contributed by atoms with van der Waals surface area (Å²) in [6.45, 7) is 10.6. The van der Waals surface area contributed by atoms with Crippen LogP contribution in [0.2, 0.25) is 0 Å². The first-order chi connectivity index (χ1) is 7.00. The van der Waals surface area contributed by atoms with E-state index in [9.17, 15) is 5.11 Å². The van der Waals surface area contributed by atoms with Gasteiger partial charge in [-0.3, -0.25) is 4.90 Å². The first-order valence-electron chi connectivity index (χ1n) is 5.67. The van der Waals surface area contributed by atoms with Gasteiger partial charge in [0, 0.05) is 19.1 Å². The van der Waals surface area contributed by atoms with Crippen molar-refractivity contribution in [2.75, 3.05) is 19.7 Å². The number of ether oxygens (including phenoxy) is 1. The lowest BCUT2D eigenvalue weighted by Gasteiger charge is -2.19. The first kappa shape index (κ1) is 12.7. The Bertz CT molecular complexity index is 222. The van der Waals surface area contributed by atoms with Gasteiger partial charge in [-0.15, -0.1) is 0 Å². The van der Waals surface area contributed by atoms with Crippen molar-refractivity contribution in [1.29, 1.82) is 0 Å². The molecule has 2 atom stereocenters. The molecule has 15 heavy (non-hydrogen) atoms. The van der Waals surface area contributed by atoms with E-state index in [1.165, 1.54) is 5.57 Å². The summed E-state index contributed by atoms with van der Waals surface area (Å²) in [5.74, 6) is 0. The zero-order chi connectivity index (χ0) is 11.4. The molecule has 1 rings (SSSR count). The van der Waals surface area contributed by atoms with Crippen molar-refractivity contribution < 1.29 is 9.84 Å². The van der Waals surface area contributed by atoms with Crippen molar-refractivity contribution in [3.63, 3.8) is 0 Å². The summed E-state index contributed by atoms with van der Waals surface area (Å²) in [7, 11) is 0. The smallest absolute Gasteiger partial charge is 0.0977 e. The Kier molecular flexibility index (Phi) is 4.77. The predicted molar refractivity (Wildman–Crippen MR) is 61.9 cm³/mol. The van der Waals surface area contributed by atoms with E-state index in [1.807, 2.05) is 6.08 Å². The topological polar surface area (TPSA) is 32.7 Å². The zero-order valence-electron chi connectivity index (χ0n) is 10.2. The highest BCUT2D eigenvalue weighted by Crippen LogP contribution is 2.16. The molecule has 1 N–H and O–H groups in total. The molecule has 0 aliphatic carbocycles. The van der Waals surface area contributed by atoms with Crippen LogP contribution in [0, 0.1) is 0 Å². The van der Waals surface area contributed by atoms with E-state index in [2.05, 4.69) is 32.6 Å². The minimum Gasteiger partial charge on any atom is -0.389 e. The monoisotopic (exact) mass is 213 g/mol. The Balaban J connectivity index is 2.34. The minimum atomic E-state index is -0.335. The van der Waals surface area contributed by atoms with Crippen molar-refractivity contribution in [3.8, 4) is 0 Å². The van der Waals surface area contributed by atoms with E-state index >= 15 is 0 Å². The lowest BCUT2D eigenvalue weighted by atomic mass is 10.2. The van der Waals surface area contributed by atoms with E-state index in [-0.39, 0.29) is 12.2 Å². The van der Waals surface area contributed by atoms with E-state index in [0.29, 0.717) is 12.6 Å². The maximum Gasteiger partial charge on any atom is 0.0977 e. The number of nitrogens with zero attached hydrogens (tertiary/aromatic N) is 1. The second-order valence-electron chi connectivity index (χ2n) is 4.77. The second kappa shape index (κ2) is 5.64. The summed E-state index contributed by atoms with van der Waals surface area (Å²) < 4.78 is 5.64. The van der Waals surface area contributed by atoms with Crippen molar-refractivity contribution in [3.05, 3.63) is 11.6 Å². The maximum atomic E-state index is 9.79. The number of β-amino-alcohol motifs (C(OH)–C–C–N with tert-alkyl or cyclic N) is 1. The lowest BCUT2D eigenvalue weighted by molar-refractivity contribution is 0.00426. The van der Waals surface area contributed by atoms with E-state index in [0.717, 1.165) is 13.1 Å². The lowest BCUT2D eigenvalue weighted by Crippen LogP contribution is -2.29. The van der Waals surface area contributed by atoms with Gasteiger partial charge in [0.05, 0.1) is 18.8 Å². The Morgan fingerprint density at radius 2 is 2.13 bits per heavy atom. The molecular formula is C12H23NO2. The van der Waals surface area contributed by atoms with Gasteiger partial charge in [-0.1, -0.05) is 11.6 Å².